The number of carbonyl (C=O) groups excluding carboxylic acids is 1. The van der Waals surface area contributed by atoms with E-state index >= 15 is 0 Å². The summed E-state index contributed by atoms with van der Waals surface area (Å²) in [5, 5.41) is 0. The van der Waals surface area contributed by atoms with Gasteiger partial charge in [0.2, 0.25) is 5.88 Å². The fraction of sp³-hybridized carbons (Fsp3) is 0.294. The highest BCUT2D eigenvalue weighted by Gasteiger charge is 2.19. The smallest absolute Gasteiger partial charge is 0.338 e. The normalized spacial score (nSPS) is 11.1. The van der Waals surface area contributed by atoms with E-state index in [1.54, 1.807) is 32.9 Å². The summed E-state index contributed by atoms with van der Waals surface area (Å²) < 4.78 is 24.3. The number of nitrogens with zero attached hydrogens (tertiary/aromatic N) is 1. The molecule has 4 nitrogen and oxygen atoms in total. The molecule has 0 saturated heterocycles. The zero-order valence-electron chi connectivity index (χ0n) is 13.0. The first-order valence-electron chi connectivity index (χ1n) is 6.83. The lowest BCUT2D eigenvalue weighted by atomic mass is 10.0. The van der Waals surface area contributed by atoms with E-state index in [0.717, 1.165) is 0 Å². The zero-order valence-corrected chi connectivity index (χ0v) is 13.0. The number of hydrogen-bond donors (Lipinski definition) is 0. The number of esters is 1. The number of benzene rings is 1. The van der Waals surface area contributed by atoms with Crippen LogP contribution in [0.25, 0.3) is 11.1 Å². The Hall–Kier alpha value is -2.43. The maximum atomic E-state index is 14.0. The minimum Gasteiger partial charge on any atom is -0.481 e. The molecule has 0 bridgehead atoms. The van der Waals surface area contributed by atoms with E-state index in [4.69, 9.17) is 9.47 Å². The molecule has 0 saturated carbocycles. The van der Waals surface area contributed by atoms with Gasteiger partial charge in [0, 0.05) is 23.4 Å². The van der Waals surface area contributed by atoms with Crippen molar-refractivity contribution in [2.24, 2.45) is 0 Å². The first-order valence-corrected chi connectivity index (χ1v) is 6.83. The van der Waals surface area contributed by atoms with Crippen LogP contribution in [0.1, 0.15) is 31.1 Å². The van der Waals surface area contributed by atoms with E-state index in [9.17, 15) is 9.18 Å². The van der Waals surface area contributed by atoms with Crippen LogP contribution in [-0.2, 0) is 4.74 Å². The van der Waals surface area contributed by atoms with Gasteiger partial charge in [0.05, 0.1) is 12.7 Å². The fourth-order valence-corrected chi connectivity index (χ4v) is 1.87. The number of rotatable bonds is 3. The Balaban J connectivity index is 2.36. The topological polar surface area (TPSA) is 48.4 Å². The average molecular weight is 303 g/mol. The third-order valence-electron chi connectivity index (χ3n) is 2.86. The summed E-state index contributed by atoms with van der Waals surface area (Å²) in [4.78, 5) is 16.1. The molecule has 22 heavy (non-hydrogen) atoms. The third-order valence-corrected chi connectivity index (χ3v) is 2.86. The van der Waals surface area contributed by atoms with Crippen LogP contribution in [-0.4, -0.2) is 23.7 Å². The van der Waals surface area contributed by atoms with Gasteiger partial charge in [-0.05, 0) is 45.0 Å². The summed E-state index contributed by atoms with van der Waals surface area (Å²) in [6.45, 7) is 5.34. The highest BCUT2D eigenvalue weighted by molar-refractivity contribution is 5.91. The number of hydrogen-bond acceptors (Lipinski definition) is 4. The van der Waals surface area contributed by atoms with Gasteiger partial charge in [-0.3, -0.25) is 0 Å². The van der Waals surface area contributed by atoms with Gasteiger partial charge in [-0.1, -0.05) is 0 Å². The Morgan fingerprint density at radius 3 is 2.45 bits per heavy atom. The summed E-state index contributed by atoms with van der Waals surface area (Å²) in [6.07, 6.45) is 1.50. The van der Waals surface area contributed by atoms with E-state index in [2.05, 4.69) is 4.98 Å². The van der Waals surface area contributed by atoms with Crippen molar-refractivity contribution in [2.75, 3.05) is 7.11 Å². The van der Waals surface area contributed by atoms with E-state index in [1.807, 2.05) is 0 Å². The Bertz CT molecular complexity index is 675. The van der Waals surface area contributed by atoms with Gasteiger partial charge in [-0.2, -0.15) is 0 Å². The number of methoxy groups -OCH3 is 1. The van der Waals surface area contributed by atoms with Crippen molar-refractivity contribution in [3.63, 3.8) is 0 Å². The molecule has 0 unspecified atom stereocenters. The second kappa shape index (κ2) is 6.13. The number of pyridine rings is 1. The van der Waals surface area contributed by atoms with Gasteiger partial charge in [0.15, 0.2) is 0 Å². The fourth-order valence-electron chi connectivity index (χ4n) is 1.87. The van der Waals surface area contributed by atoms with E-state index < -0.39 is 17.4 Å². The molecule has 5 heteroatoms. The van der Waals surface area contributed by atoms with Crippen molar-refractivity contribution >= 4 is 5.97 Å². The van der Waals surface area contributed by atoms with Crippen LogP contribution in [0.2, 0.25) is 0 Å². The molecule has 1 heterocycles. The molecule has 1 aromatic carbocycles. The Morgan fingerprint density at radius 1 is 1.18 bits per heavy atom. The van der Waals surface area contributed by atoms with Crippen LogP contribution in [0.5, 0.6) is 5.88 Å². The van der Waals surface area contributed by atoms with Gasteiger partial charge in [0.25, 0.3) is 0 Å². The largest absolute Gasteiger partial charge is 0.481 e. The predicted octanol–water partition coefficient (Wildman–Crippen LogP) is 3.85. The Kier molecular flexibility index (Phi) is 4.45. The van der Waals surface area contributed by atoms with Crippen molar-refractivity contribution in [2.45, 2.75) is 26.4 Å². The maximum absolute atomic E-state index is 14.0. The van der Waals surface area contributed by atoms with Crippen LogP contribution in [0.4, 0.5) is 4.39 Å². The lowest BCUT2D eigenvalue weighted by molar-refractivity contribution is 0.00695. The van der Waals surface area contributed by atoms with Crippen LogP contribution in [0.15, 0.2) is 36.5 Å². The maximum Gasteiger partial charge on any atom is 0.338 e. The van der Waals surface area contributed by atoms with Gasteiger partial charge in [0.1, 0.15) is 11.4 Å². The van der Waals surface area contributed by atoms with Crippen LogP contribution < -0.4 is 4.74 Å². The predicted molar refractivity (Wildman–Crippen MR) is 81.4 cm³/mol. The summed E-state index contributed by atoms with van der Waals surface area (Å²) in [5.41, 5.74) is 0.539. The van der Waals surface area contributed by atoms with Crippen LogP contribution in [0.3, 0.4) is 0 Å². The number of halogens is 1. The highest BCUT2D eigenvalue weighted by Crippen LogP contribution is 2.25. The van der Waals surface area contributed by atoms with Crippen molar-refractivity contribution < 1.29 is 18.7 Å². The number of carbonyl (C=O) groups is 1. The molecular formula is C17H18FNO3. The molecule has 2 rings (SSSR count). The van der Waals surface area contributed by atoms with Gasteiger partial charge in [-0.15, -0.1) is 0 Å². The molecule has 0 atom stereocenters. The lowest BCUT2D eigenvalue weighted by Gasteiger charge is -2.19. The monoisotopic (exact) mass is 303 g/mol. The highest BCUT2D eigenvalue weighted by atomic mass is 19.1. The van der Waals surface area contributed by atoms with Crippen LogP contribution >= 0.6 is 0 Å². The molecule has 2 aromatic rings. The van der Waals surface area contributed by atoms with Crippen molar-refractivity contribution in [3.8, 4) is 17.0 Å². The van der Waals surface area contributed by atoms with E-state index in [1.165, 1.54) is 31.5 Å². The van der Waals surface area contributed by atoms with Gasteiger partial charge in [-0.25, -0.2) is 14.2 Å². The molecule has 1 aromatic heterocycles. The molecule has 0 aliphatic rings. The summed E-state index contributed by atoms with van der Waals surface area (Å²) in [6, 6.07) is 7.44. The van der Waals surface area contributed by atoms with E-state index in [-0.39, 0.29) is 0 Å². The van der Waals surface area contributed by atoms with Gasteiger partial charge < -0.3 is 9.47 Å². The molecule has 0 fully saturated rings. The zero-order chi connectivity index (χ0) is 16.3. The second-order valence-corrected chi connectivity index (χ2v) is 5.79. The van der Waals surface area contributed by atoms with Gasteiger partial charge >= 0.3 is 5.97 Å². The summed E-state index contributed by atoms with van der Waals surface area (Å²) in [7, 11) is 1.51. The number of aromatic nitrogens is 1. The third kappa shape index (κ3) is 3.81. The van der Waals surface area contributed by atoms with Crippen molar-refractivity contribution in [1.82, 2.24) is 4.98 Å². The quantitative estimate of drug-likeness (QED) is 0.808. The molecule has 0 spiro atoms. The Labute approximate surface area is 128 Å². The minimum absolute atomic E-state index is 0.290. The molecule has 0 aliphatic heterocycles. The molecule has 0 amide bonds. The molecule has 0 N–H and O–H groups in total. The first-order chi connectivity index (χ1) is 10.3. The molecule has 116 valence electrons. The lowest BCUT2D eigenvalue weighted by Crippen LogP contribution is -2.23. The second-order valence-electron chi connectivity index (χ2n) is 5.79. The van der Waals surface area contributed by atoms with Crippen molar-refractivity contribution in [1.29, 1.82) is 0 Å². The van der Waals surface area contributed by atoms with E-state index in [0.29, 0.717) is 22.6 Å². The van der Waals surface area contributed by atoms with Crippen molar-refractivity contribution in [3.05, 3.63) is 47.9 Å². The average Bonchev–Trinajstić information content (AvgIpc) is 2.46. The first kappa shape index (κ1) is 15.9. The Morgan fingerprint density at radius 2 is 1.91 bits per heavy atom. The number of ether oxygens (including phenoxy) is 2. The minimum atomic E-state index is -0.604. The molecular weight excluding hydrogens is 285 g/mol. The summed E-state index contributed by atoms with van der Waals surface area (Å²) >= 11 is 0. The summed E-state index contributed by atoms with van der Waals surface area (Å²) in [5.74, 6) is -0.484. The molecule has 0 aliphatic carbocycles. The molecule has 0 radical (unpaired) electrons. The van der Waals surface area contributed by atoms with Crippen LogP contribution in [0, 0.1) is 5.82 Å². The SMILES string of the molecule is COc1ccc(-c2cc(C(=O)OC(C)(C)C)ccc2F)cn1. The standard InChI is InChI=1S/C17H18FNO3/c1-17(2,3)22-16(20)11-5-7-14(18)13(9-11)12-6-8-15(21-4)19-10-12/h5-10H,1-4H3.